The number of aliphatic hydroxyl groups excluding tert-OH is 1. The van der Waals surface area contributed by atoms with Crippen LogP contribution >= 0.6 is 0 Å². The molecule has 0 saturated carbocycles. The van der Waals surface area contributed by atoms with E-state index < -0.39 is 6.10 Å². The molecule has 1 aromatic rings. The van der Waals surface area contributed by atoms with Crippen LogP contribution in [0.1, 0.15) is 17.2 Å². The molecule has 0 spiro atoms. The molecule has 1 rings (SSSR count). The molecule has 0 bridgehead atoms. The predicted molar refractivity (Wildman–Crippen MR) is 49.5 cm³/mol. The lowest BCUT2D eigenvalue weighted by atomic mass is 10.1. The highest BCUT2D eigenvalue weighted by molar-refractivity contribution is 5.36. The number of hydrogen-bond acceptors (Lipinski definition) is 1. The first kappa shape index (κ1) is 8.58. The quantitative estimate of drug-likeness (QED) is 0.514. The lowest BCUT2D eigenvalue weighted by Gasteiger charge is -2.04. The number of benzene rings is 1. The van der Waals surface area contributed by atoms with Gasteiger partial charge >= 0.3 is 0 Å². The Balaban J connectivity index is 3.03. The van der Waals surface area contributed by atoms with Gasteiger partial charge in [-0.05, 0) is 17.7 Å². The summed E-state index contributed by atoms with van der Waals surface area (Å²) in [6, 6.07) is 7.22. The fourth-order valence-electron chi connectivity index (χ4n) is 0.949. The largest absolute Gasteiger partial charge is 0.384 e. The van der Waals surface area contributed by atoms with Crippen LogP contribution in [0.4, 0.5) is 0 Å². The molecule has 1 aromatic carbocycles. The minimum Gasteiger partial charge on any atom is -0.384 e. The molecular weight excluding hydrogens is 148 g/mol. The summed E-state index contributed by atoms with van der Waals surface area (Å²) < 4.78 is 0. The van der Waals surface area contributed by atoms with Crippen molar-refractivity contribution in [3.8, 4) is 12.3 Å². The smallest absolute Gasteiger partial charge is 0.0969 e. The molecule has 0 aliphatic rings. The van der Waals surface area contributed by atoms with Gasteiger partial charge in [-0.25, -0.2) is 0 Å². The maximum Gasteiger partial charge on any atom is 0.0969 e. The zero-order valence-electron chi connectivity index (χ0n) is 6.70. The van der Waals surface area contributed by atoms with Crippen molar-refractivity contribution < 1.29 is 5.11 Å². The highest BCUT2D eigenvalue weighted by atomic mass is 16.3. The van der Waals surface area contributed by atoms with Crippen LogP contribution in [0.2, 0.25) is 0 Å². The zero-order valence-corrected chi connectivity index (χ0v) is 6.70. The summed E-state index contributed by atoms with van der Waals surface area (Å²) in [5, 5.41) is 9.36. The first-order valence-corrected chi connectivity index (χ1v) is 3.65. The van der Waals surface area contributed by atoms with Gasteiger partial charge in [-0.3, -0.25) is 0 Å². The number of aliphatic hydroxyl groups is 1. The normalized spacial score (nSPS) is 11.7. The van der Waals surface area contributed by atoms with Crippen LogP contribution < -0.4 is 0 Å². The first-order valence-electron chi connectivity index (χ1n) is 3.65. The van der Waals surface area contributed by atoms with Crippen LogP contribution in [0.25, 0.3) is 0 Å². The molecule has 0 amide bonds. The molecule has 0 saturated heterocycles. The van der Waals surface area contributed by atoms with Gasteiger partial charge in [0.2, 0.25) is 0 Å². The Hall–Kier alpha value is -1.52. The SMILES string of the molecule is C#Cc1cccc(C(O)C=C)c1. The number of hydrogen-bond donors (Lipinski definition) is 1. The van der Waals surface area contributed by atoms with Gasteiger partial charge < -0.3 is 5.11 Å². The molecule has 0 aliphatic heterocycles. The van der Waals surface area contributed by atoms with Gasteiger partial charge in [0, 0.05) is 5.56 Å². The fraction of sp³-hybridized carbons (Fsp3) is 0.0909. The van der Waals surface area contributed by atoms with E-state index in [1.54, 1.807) is 6.07 Å². The summed E-state index contributed by atoms with van der Waals surface area (Å²) in [7, 11) is 0. The van der Waals surface area contributed by atoms with Crippen molar-refractivity contribution in [1.82, 2.24) is 0 Å². The van der Waals surface area contributed by atoms with Crippen molar-refractivity contribution in [1.29, 1.82) is 0 Å². The third kappa shape index (κ3) is 1.75. The third-order valence-corrected chi connectivity index (χ3v) is 1.62. The van der Waals surface area contributed by atoms with E-state index in [1.165, 1.54) is 6.08 Å². The Labute approximate surface area is 72.4 Å². The van der Waals surface area contributed by atoms with Crippen LogP contribution in [0, 0.1) is 12.3 Å². The van der Waals surface area contributed by atoms with Crippen molar-refractivity contribution in [2.24, 2.45) is 0 Å². The Morgan fingerprint density at radius 2 is 2.33 bits per heavy atom. The van der Waals surface area contributed by atoms with Crippen LogP contribution in [-0.4, -0.2) is 5.11 Å². The van der Waals surface area contributed by atoms with E-state index >= 15 is 0 Å². The van der Waals surface area contributed by atoms with Crippen molar-refractivity contribution in [3.05, 3.63) is 48.0 Å². The topological polar surface area (TPSA) is 20.2 Å². The highest BCUT2D eigenvalue weighted by Gasteiger charge is 2.01. The van der Waals surface area contributed by atoms with Crippen LogP contribution in [0.3, 0.4) is 0 Å². The van der Waals surface area contributed by atoms with Gasteiger partial charge in [0.05, 0.1) is 6.10 Å². The summed E-state index contributed by atoms with van der Waals surface area (Å²) in [5.41, 5.74) is 1.55. The van der Waals surface area contributed by atoms with Crippen LogP contribution in [0.15, 0.2) is 36.9 Å². The Kier molecular flexibility index (Phi) is 2.68. The predicted octanol–water partition coefficient (Wildman–Crippen LogP) is 1.89. The molecule has 0 aromatic heterocycles. The van der Waals surface area contributed by atoms with Gasteiger partial charge in [0.1, 0.15) is 0 Å². The van der Waals surface area contributed by atoms with E-state index in [9.17, 15) is 5.11 Å². The standard InChI is InChI=1S/C11H10O/c1-3-9-6-5-7-10(8-9)11(12)4-2/h1,4-8,11-12H,2H2. The molecule has 1 heteroatoms. The van der Waals surface area contributed by atoms with Gasteiger partial charge in [-0.2, -0.15) is 0 Å². The average molecular weight is 158 g/mol. The van der Waals surface area contributed by atoms with Crippen molar-refractivity contribution in [2.45, 2.75) is 6.10 Å². The van der Waals surface area contributed by atoms with Gasteiger partial charge in [0.15, 0.2) is 0 Å². The van der Waals surface area contributed by atoms with Gasteiger partial charge in [-0.1, -0.05) is 24.1 Å². The van der Waals surface area contributed by atoms with Gasteiger partial charge in [-0.15, -0.1) is 13.0 Å². The monoisotopic (exact) mass is 158 g/mol. The van der Waals surface area contributed by atoms with E-state index in [1.807, 2.05) is 18.2 Å². The summed E-state index contributed by atoms with van der Waals surface area (Å²) in [6.07, 6.45) is 6.04. The molecule has 1 N–H and O–H groups in total. The van der Waals surface area contributed by atoms with Crippen LogP contribution in [-0.2, 0) is 0 Å². The molecule has 1 nitrogen and oxygen atoms in total. The van der Waals surface area contributed by atoms with E-state index in [0.29, 0.717) is 0 Å². The zero-order chi connectivity index (χ0) is 8.97. The van der Waals surface area contributed by atoms with Crippen LogP contribution in [0.5, 0.6) is 0 Å². The lowest BCUT2D eigenvalue weighted by Crippen LogP contribution is -1.92. The minimum atomic E-state index is -0.627. The maximum absolute atomic E-state index is 9.36. The molecule has 1 unspecified atom stereocenters. The fourth-order valence-corrected chi connectivity index (χ4v) is 0.949. The first-order chi connectivity index (χ1) is 5.77. The van der Waals surface area contributed by atoms with E-state index in [2.05, 4.69) is 12.5 Å². The Bertz CT molecular complexity index is 320. The van der Waals surface area contributed by atoms with Crippen molar-refractivity contribution >= 4 is 0 Å². The van der Waals surface area contributed by atoms with Crippen molar-refractivity contribution in [2.75, 3.05) is 0 Å². The van der Waals surface area contributed by atoms with E-state index in [-0.39, 0.29) is 0 Å². The van der Waals surface area contributed by atoms with E-state index in [4.69, 9.17) is 6.42 Å². The Morgan fingerprint density at radius 3 is 2.92 bits per heavy atom. The second kappa shape index (κ2) is 3.75. The summed E-state index contributed by atoms with van der Waals surface area (Å²) >= 11 is 0. The summed E-state index contributed by atoms with van der Waals surface area (Å²) in [4.78, 5) is 0. The molecule has 1 atom stereocenters. The lowest BCUT2D eigenvalue weighted by molar-refractivity contribution is 0.229. The highest BCUT2D eigenvalue weighted by Crippen LogP contribution is 2.14. The second-order valence-corrected chi connectivity index (χ2v) is 2.45. The molecular formula is C11H10O. The molecule has 0 aliphatic carbocycles. The molecule has 0 heterocycles. The van der Waals surface area contributed by atoms with E-state index in [0.717, 1.165) is 11.1 Å². The summed E-state index contributed by atoms with van der Waals surface area (Å²) in [5.74, 6) is 2.50. The molecule has 0 fully saturated rings. The maximum atomic E-state index is 9.36. The minimum absolute atomic E-state index is 0.627. The molecule has 60 valence electrons. The number of terminal acetylenes is 1. The molecule has 0 radical (unpaired) electrons. The number of rotatable bonds is 2. The summed E-state index contributed by atoms with van der Waals surface area (Å²) in [6.45, 7) is 3.49. The third-order valence-electron chi connectivity index (χ3n) is 1.62. The van der Waals surface area contributed by atoms with Crippen molar-refractivity contribution in [3.63, 3.8) is 0 Å². The second-order valence-electron chi connectivity index (χ2n) is 2.45. The average Bonchev–Trinajstić information content (AvgIpc) is 2.17. The molecule has 12 heavy (non-hydrogen) atoms. The van der Waals surface area contributed by atoms with Gasteiger partial charge in [0.25, 0.3) is 0 Å². The Morgan fingerprint density at radius 1 is 1.58 bits per heavy atom.